The summed E-state index contributed by atoms with van der Waals surface area (Å²) in [5, 5.41) is 0. The first kappa shape index (κ1) is 17.3. The van der Waals surface area contributed by atoms with Gasteiger partial charge < -0.3 is 4.74 Å². The Bertz CT molecular complexity index is 823. The molecule has 3 rings (SSSR count). The normalized spacial score (nSPS) is 13.1. The molecule has 7 heteroatoms. The van der Waals surface area contributed by atoms with Gasteiger partial charge in [-0.2, -0.15) is 0 Å². The molecule has 2 aromatic rings. The van der Waals surface area contributed by atoms with E-state index in [1.165, 1.54) is 4.90 Å². The molecule has 1 aromatic carbocycles. The molecule has 1 aromatic heterocycles. The number of carbonyl (C=O) groups is 3. The zero-order valence-electron chi connectivity index (χ0n) is 13.3. The van der Waals surface area contributed by atoms with Crippen molar-refractivity contribution in [2.24, 2.45) is 0 Å². The maximum Gasteiger partial charge on any atom is 0.306 e. The van der Waals surface area contributed by atoms with Crippen LogP contribution in [0.3, 0.4) is 0 Å². The molecule has 0 spiro atoms. The molecule has 0 N–H and O–H groups in total. The molecule has 0 saturated heterocycles. The van der Waals surface area contributed by atoms with Gasteiger partial charge in [0.05, 0.1) is 16.8 Å². The minimum atomic E-state index is -0.384. The van der Waals surface area contributed by atoms with Crippen LogP contribution in [0.2, 0.25) is 0 Å². The summed E-state index contributed by atoms with van der Waals surface area (Å²) in [5.41, 5.74) is 1.45. The van der Waals surface area contributed by atoms with Crippen molar-refractivity contribution in [3.05, 3.63) is 63.9 Å². The highest BCUT2D eigenvalue weighted by Crippen LogP contribution is 2.26. The van der Waals surface area contributed by atoms with Crippen molar-refractivity contribution >= 4 is 33.7 Å². The minimum absolute atomic E-state index is 0.112. The van der Waals surface area contributed by atoms with Gasteiger partial charge in [0.25, 0.3) is 11.8 Å². The van der Waals surface area contributed by atoms with E-state index in [0.717, 1.165) is 4.47 Å². The van der Waals surface area contributed by atoms with Gasteiger partial charge in [0, 0.05) is 23.6 Å². The van der Waals surface area contributed by atoms with E-state index in [1.807, 2.05) is 6.07 Å². The summed E-state index contributed by atoms with van der Waals surface area (Å²) in [4.78, 5) is 41.6. The monoisotopic (exact) mass is 402 g/mol. The van der Waals surface area contributed by atoms with Crippen molar-refractivity contribution in [2.45, 2.75) is 19.4 Å². The average Bonchev–Trinajstić information content (AvgIpc) is 2.85. The number of aromatic nitrogens is 1. The number of rotatable bonds is 6. The maximum absolute atomic E-state index is 12.3. The Morgan fingerprint density at radius 3 is 2.68 bits per heavy atom. The van der Waals surface area contributed by atoms with Gasteiger partial charge in [0.1, 0.15) is 6.61 Å². The lowest BCUT2D eigenvalue weighted by atomic mass is 10.1. The van der Waals surface area contributed by atoms with E-state index in [2.05, 4.69) is 20.9 Å². The van der Waals surface area contributed by atoms with Gasteiger partial charge in [-0.1, -0.05) is 22.0 Å². The van der Waals surface area contributed by atoms with Crippen molar-refractivity contribution in [1.82, 2.24) is 9.88 Å². The molecular formula is C18H15BrN2O4. The first-order chi connectivity index (χ1) is 12.1. The third kappa shape index (κ3) is 3.93. The van der Waals surface area contributed by atoms with Crippen LogP contribution in [0, 0.1) is 0 Å². The topological polar surface area (TPSA) is 76.6 Å². The smallest absolute Gasteiger partial charge is 0.306 e. The molecule has 1 aliphatic rings. The molecule has 0 unspecified atom stereocenters. The first-order valence-electron chi connectivity index (χ1n) is 7.77. The van der Waals surface area contributed by atoms with E-state index >= 15 is 0 Å². The number of carbonyl (C=O) groups excluding carboxylic acids is 3. The lowest BCUT2D eigenvalue weighted by molar-refractivity contribution is -0.145. The predicted molar refractivity (Wildman–Crippen MR) is 92.8 cm³/mol. The highest BCUT2D eigenvalue weighted by Gasteiger charge is 2.35. The van der Waals surface area contributed by atoms with Crippen LogP contribution >= 0.6 is 15.9 Å². The molecule has 0 fully saturated rings. The SMILES string of the molecule is O=C(CCCN1C(=O)c2ccc(Br)cc2C1=O)OCc1ccccn1. The van der Waals surface area contributed by atoms with Crippen molar-refractivity contribution in [2.75, 3.05) is 6.54 Å². The van der Waals surface area contributed by atoms with Gasteiger partial charge >= 0.3 is 5.97 Å². The zero-order valence-corrected chi connectivity index (χ0v) is 14.9. The Morgan fingerprint density at radius 1 is 1.12 bits per heavy atom. The summed E-state index contributed by atoms with van der Waals surface area (Å²) in [6.45, 7) is 0.295. The van der Waals surface area contributed by atoms with E-state index in [1.54, 1.807) is 36.5 Å². The number of hydrogen-bond acceptors (Lipinski definition) is 5. The van der Waals surface area contributed by atoms with Crippen molar-refractivity contribution in [3.8, 4) is 0 Å². The Balaban J connectivity index is 1.49. The van der Waals surface area contributed by atoms with Gasteiger partial charge in [-0.05, 0) is 36.8 Å². The van der Waals surface area contributed by atoms with Crippen LogP contribution < -0.4 is 0 Å². The molecular weight excluding hydrogens is 388 g/mol. The number of ether oxygens (including phenoxy) is 1. The largest absolute Gasteiger partial charge is 0.459 e. The third-order valence-electron chi connectivity index (χ3n) is 3.80. The number of benzene rings is 1. The average molecular weight is 403 g/mol. The van der Waals surface area contributed by atoms with Crippen LogP contribution in [0.25, 0.3) is 0 Å². The maximum atomic E-state index is 12.3. The van der Waals surface area contributed by atoms with Crippen LogP contribution in [0.1, 0.15) is 39.3 Å². The van der Waals surface area contributed by atoms with E-state index in [-0.39, 0.29) is 37.4 Å². The number of hydrogen-bond donors (Lipinski definition) is 0. The lowest BCUT2D eigenvalue weighted by Gasteiger charge is -2.13. The van der Waals surface area contributed by atoms with Gasteiger partial charge in [-0.25, -0.2) is 0 Å². The summed E-state index contributed by atoms with van der Waals surface area (Å²) in [6.07, 6.45) is 2.11. The highest BCUT2D eigenvalue weighted by atomic mass is 79.9. The van der Waals surface area contributed by atoms with Gasteiger partial charge in [-0.15, -0.1) is 0 Å². The van der Waals surface area contributed by atoms with Crippen LogP contribution in [0.5, 0.6) is 0 Å². The molecule has 25 heavy (non-hydrogen) atoms. The summed E-state index contributed by atoms with van der Waals surface area (Å²) >= 11 is 3.29. The fourth-order valence-electron chi connectivity index (χ4n) is 2.56. The summed E-state index contributed by atoms with van der Waals surface area (Å²) in [7, 11) is 0. The molecule has 128 valence electrons. The van der Waals surface area contributed by atoms with E-state index in [9.17, 15) is 14.4 Å². The van der Waals surface area contributed by atoms with Crippen molar-refractivity contribution < 1.29 is 19.1 Å². The van der Waals surface area contributed by atoms with Crippen LogP contribution in [-0.4, -0.2) is 34.2 Å². The first-order valence-corrected chi connectivity index (χ1v) is 8.57. The lowest BCUT2D eigenvalue weighted by Crippen LogP contribution is -2.31. The minimum Gasteiger partial charge on any atom is -0.459 e. The quantitative estimate of drug-likeness (QED) is 0.548. The number of fused-ring (bicyclic) bond motifs is 1. The second-order valence-electron chi connectivity index (χ2n) is 5.54. The molecule has 2 amide bonds. The number of amides is 2. The van der Waals surface area contributed by atoms with Crippen molar-refractivity contribution in [1.29, 1.82) is 0 Å². The van der Waals surface area contributed by atoms with Gasteiger partial charge in [0.15, 0.2) is 0 Å². The van der Waals surface area contributed by atoms with Gasteiger partial charge in [-0.3, -0.25) is 24.3 Å². The van der Waals surface area contributed by atoms with E-state index in [0.29, 0.717) is 23.2 Å². The molecule has 0 bridgehead atoms. The second kappa shape index (κ2) is 7.57. The fraction of sp³-hybridized carbons (Fsp3) is 0.222. The Morgan fingerprint density at radius 2 is 1.92 bits per heavy atom. The van der Waals surface area contributed by atoms with Crippen LogP contribution in [-0.2, 0) is 16.1 Å². The van der Waals surface area contributed by atoms with Crippen LogP contribution in [0.15, 0.2) is 47.1 Å². The molecule has 6 nitrogen and oxygen atoms in total. The Hall–Kier alpha value is -2.54. The summed E-state index contributed by atoms with van der Waals surface area (Å²) in [5.74, 6) is -1.04. The van der Waals surface area contributed by atoms with Crippen molar-refractivity contribution in [3.63, 3.8) is 0 Å². The Kier molecular flexibility index (Phi) is 5.23. The summed E-state index contributed by atoms with van der Waals surface area (Å²) in [6, 6.07) is 10.4. The molecule has 1 aliphatic heterocycles. The number of nitrogens with zero attached hydrogens (tertiary/aromatic N) is 2. The van der Waals surface area contributed by atoms with E-state index < -0.39 is 0 Å². The van der Waals surface area contributed by atoms with Gasteiger partial charge in [0.2, 0.25) is 0 Å². The highest BCUT2D eigenvalue weighted by molar-refractivity contribution is 9.10. The number of esters is 1. The number of imide groups is 1. The standard InChI is InChI=1S/C18H15BrN2O4/c19-12-6-7-14-15(10-12)18(24)21(17(14)23)9-3-5-16(22)25-11-13-4-1-2-8-20-13/h1-2,4,6-8,10H,3,5,9,11H2. The number of pyridine rings is 1. The van der Waals surface area contributed by atoms with E-state index in [4.69, 9.17) is 4.74 Å². The molecule has 0 aliphatic carbocycles. The fourth-order valence-corrected chi connectivity index (χ4v) is 2.92. The molecule has 2 heterocycles. The van der Waals surface area contributed by atoms with Crippen LogP contribution in [0.4, 0.5) is 0 Å². The summed E-state index contributed by atoms with van der Waals surface area (Å²) < 4.78 is 5.87. The zero-order chi connectivity index (χ0) is 17.8. The second-order valence-corrected chi connectivity index (χ2v) is 6.45. The number of halogens is 1. The molecule has 0 radical (unpaired) electrons. The molecule has 0 atom stereocenters. The Labute approximate surface area is 152 Å². The third-order valence-corrected chi connectivity index (χ3v) is 4.30. The molecule has 0 saturated carbocycles. The predicted octanol–water partition coefficient (Wildman–Crippen LogP) is 2.96.